The van der Waals surface area contributed by atoms with Crippen molar-refractivity contribution < 1.29 is 9.66 Å². The Morgan fingerprint density at radius 3 is 2.76 bits per heavy atom. The van der Waals surface area contributed by atoms with Crippen molar-refractivity contribution in [1.82, 2.24) is 4.98 Å². The summed E-state index contributed by atoms with van der Waals surface area (Å²) in [4.78, 5) is 14.0. The van der Waals surface area contributed by atoms with E-state index in [1.54, 1.807) is 6.07 Å². The van der Waals surface area contributed by atoms with Gasteiger partial charge in [0.2, 0.25) is 5.88 Å². The molecule has 1 heterocycles. The summed E-state index contributed by atoms with van der Waals surface area (Å²) >= 11 is 0. The maximum atomic E-state index is 10.8. The Hall–Kier alpha value is -2.67. The molecule has 0 saturated carbocycles. The Bertz CT molecular complexity index is 515. The Labute approximate surface area is 97.0 Å². The van der Waals surface area contributed by atoms with Gasteiger partial charge in [-0.25, -0.2) is 4.98 Å². The van der Waals surface area contributed by atoms with Crippen molar-refractivity contribution in [3.8, 4) is 18.0 Å². The number of nitriles is 2. The van der Waals surface area contributed by atoms with Crippen LogP contribution in [0.15, 0.2) is 12.1 Å². The van der Waals surface area contributed by atoms with E-state index in [-0.39, 0.29) is 23.7 Å². The van der Waals surface area contributed by atoms with Crippen LogP contribution in [0.3, 0.4) is 0 Å². The van der Waals surface area contributed by atoms with E-state index in [1.165, 1.54) is 19.2 Å². The van der Waals surface area contributed by atoms with Crippen LogP contribution in [-0.4, -0.2) is 17.0 Å². The summed E-state index contributed by atoms with van der Waals surface area (Å²) < 4.78 is 4.84. The predicted molar refractivity (Wildman–Crippen MR) is 56.0 cm³/mol. The number of hydrogen-bond acceptors (Lipinski definition) is 6. The molecule has 86 valence electrons. The molecule has 0 aliphatic carbocycles. The number of aromatic nitrogens is 1. The van der Waals surface area contributed by atoms with Crippen molar-refractivity contribution in [2.45, 2.75) is 12.3 Å². The number of ether oxygens (including phenoxy) is 1. The van der Waals surface area contributed by atoms with Crippen molar-refractivity contribution in [2.24, 2.45) is 0 Å². The molecule has 0 radical (unpaired) electrons. The quantitative estimate of drug-likeness (QED) is 0.574. The zero-order valence-corrected chi connectivity index (χ0v) is 8.95. The summed E-state index contributed by atoms with van der Waals surface area (Å²) in [5.74, 6) is -0.765. The number of hydrogen-bond donors (Lipinski definition) is 0. The standard InChI is InChI=1S/C10H8N4O3/c1-17-9-3-2-8(14(15)16)10(13-9)7(6-12)4-5-11/h2-3,7H,4H2,1H3. The Balaban J connectivity index is 3.31. The first kappa shape index (κ1) is 12.4. The molecule has 0 aromatic carbocycles. The van der Waals surface area contributed by atoms with Crippen LogP contribution in [0.1, 0.15) is 18.0 Å². The summed E-state index contributed by atoms with van der Waals surface area (Å²) in [5, 5.41) is 28.2. The summed E-state index contributed by atoms with van der Waals surface area (Å²) in [6, 6.07) is 6.16. The maximum Gasteiger partial charge on any atom is 0.292 e. The lowest BCUT2D eigenvalue weighted by molar-refractivity contribution is -0.386. The average Bonchev–Trinajstić information content (AvgIpc) is 2.35. The van der Waals surface area contributed by atoms with Gasteiger partial charge in [0.25, 0.3) is 5.69 Å². The van der Waals surface area contributed by atoms with E-state index < -0.39 is 10.8 Å². The lowest BCUT2D eigenvalue weighted by atomic mass is 10.0. The van der Waals surface area contributed by atoms with E-state index in [9.17, 15) is 10.1 Å². The molecule has 0 amide bonds. The largest absolute Gasteiger partial charge is 0.481 e. The molecule has 0 aliphatic rings. The maximum absolute atomic E-state index is 10.8. The summed E-state index contributed by atoms with van der Waals surface area (Å²) in [6.07, 6.45) is -0.155. The van der Waals surface area contributed by atoms with Gasteiger partial charge in [0.05, 0.1) is 30.6 Å². The minimum atomic E-state index is -0.935. The van der Waals surface area contributed by atoms with Gasteiger partial charge in [0.1, 0.15) is 11.6 Å². The molecule has 0 fully saturated rings. The Morgan fingerprint density at radius 1 is 1.59 bits per heavy atom. The number of pyridine rings is 1. The van der Waals surface area contributed by atoms with Crippen LogP contribution in [0, 0.1) is 32.8 Å². The first-order valence-corrected chi connectivity index (χ1v) is 4.60. The van der Waals surface area contributed by atoms with Gasteiger partial charge in [-0.2, -0.15) is 10.5 Å². The molecule has 1 atom stereocenters. The number of methoxy groups -OCH3 is 1. The fraction of sp³-hybridized carbons (Fsp3) is 0.300. The van der Waals surface area contributed by atoms with Gasteiger partial charge in [-0.1, -0.05) is 0 Å². The van der Waals surface area contributed by atoms with Gasteiger partial charge >= 0.3 is 0 Å². The topological polar surface area (TPSA) is 113 Å². The predicted octanol–water partition coefficient (Wildman–Crippen LogP) is 1.52. The lowest BCUT2D eigenvalue weighted by Gasteiger charge is -2.06. The van der Waals surface area contributed by atoms with Crippen molar-refractivity contribution in [2.75, 3.05) is 7.11 Å². The molecule has 1 aromatic rings. The number of nitro groups is 1. The fourth-order valence-electron chi connectivity index (χ4n) is 1.27. The van der Waals surface area contributed by atoms with Crippen molar-refractivity contribution in [3.63, 3.8) is 0 Å². The molecule has 0 N–H and O–H groups in total. The molecule has 1 rings (SSSR count). The smallest absolute Gasteiger partial charge is 0.292 e. The van der Waals surface area contributed by atoms with Crippen LogP contribution in [0.5, 0.6) is 5.88 Å². The Morgan fingerprint density at radius 2 is 2.29 bits per heavy atom. The fourth-order valence-corrected chi connectivity index (χ4v) is 1.27. The second-order valence-corrected chi connectivity index (χ2v) is 3.06. The van der Waals surface area contributed by atoms with Crippen LogP contribution in [0.4, 0.5) is 5.69 Å². The Kier molecular flexibility index (Phi) is 3.96. The number of rotatable bonds is 4. The minimum Gasteiger partial charge on any atom is -0.481 e. The molecule has 7 heteroatoms. The molecule has 1 aromatic heterocycles. The summed E-state index contributed by atoms with van der Waals surface area (Å²) in [5.41, 5.74) is -0.328. The molecule has 0 spiro atoms. The highest BCUT2D eigenvalue weighted by Crippen LogP contribution is 2.28. The average molecular weight is 232 g/mol. The van der Waals surface area contributed by atoms with Gasteiger partial charge in [-0.15, -0.1) is 0 Å². The van der Waals surface area contributed by atoms with E-state index in [0.29, 0.717) is 0 Å². The van der Waals surface area contributed by atoms with Crippen LogP contribution >= 0.6 is 0 Å². The van der Waals surface area contributed by atoms with Crippen LogP contribution in [-0.2, 0) is 0 Å². The minimum absolute atomic E-state index is 0.0431. The summed E-state index contributed by atoms with van der Waals surface area (Å²) in [7, 11) is 1.36. The van der Waals surface area contributed by atoms with Gasteiger partial charge in [-0.3, -0.25) is 10.1 Å². The third-order valence-corrected chi connectivity index (χ3v) is 2.06. The molecule has 0 aliphatic heterocycles. The van der Waals surface area contributed by atoms with Crippen LogP contribution in [0.2, 0.25) is 0 Å². The highest BCUT2D eigenvalue weighted by Gasteiger charge is 2.24. The molecule has 0 saturated heterocycles. The van der Waals surface area contributed by atoms with E-state index >= 15 is 0 Å². The molecule has 7 nitrogen and oxygen atoms in total. The first-order chi connectivity index (χ1) is 8.13. The highest BCUT2D eigenvalue weighted by atomic mass is 16.6. The molecular weight excluding hydrogens is 224 g/mol. The monoisotopic (exact) mass is 232 g/mol. The van der Waals surface area contributed by atoms with Gasteiger partial charge in [-0.05, 0) is 0 Å². The summed E-state index contributed by atoms with van der Waals surface area (Å²) in [6.45, 7) is 0. The molecule has 17 heavy (non-hydrogen) atoms. The highest BCUT2D eigenvalue weighted by molar-refractivity contribution is 5.42. The van der Waals surface area contributed by atoms with E-state index in [2.05, 4.69) is 4.98 Å². The number of nitrogens with zero attached hydrogens (tertiary/aromatic N) is 4. The van der Waals surface area contributed by atoms with Gasteiger partial charge in [0, 0.05) is 12.1 Å². The molecule has 0 bridgehead atoms. The molecular formula is C10H8N4O3. The van der Waals surface area contributed by atoms with E-state index in [1.807, 2.05) is 6.07 Å². The second kappa shape index (κ2) is 5.42. The van der Waals surface area contributed by atoms with Crippen LogP contribution < -0.4 is 4.74 Å². The normalized spacial score (nSPS) is 11.0. The van der Waals surface area contributed by atoms with Crippen LogP contribution in [0.25, 0.3) is 0 Å². The lowest BCUT2D eigenvalue weighted by Crippen LogP contribution is -2.05. The zero-order valence-electron chi connectivity index (χ0n) is 8.95. The molecule has 1 unspecified atom stereocenters. The third-order valence-electron chi connectivity index (χ3n) is 2.06. The third kappa shape index (κ3) is 2.67. The van der Waals surface area contributed by atoms with Crippen molar-refractivity contribution >= 4 is 5.69 Å². The zero-order chi connectivity index (χ0) is 12.8. The van der Waals surface area contributed by atoms with Crippen molar-refractivity contribution in [3.05, 3.63) is 27.9 Å². The first-order valence-electron chi connectivity index (χ1n) is 4.60. The SMILES string of the molecule is COc1ccc([N+](=O)[O-])c(C(C#N)CC#N)n1. The van der Waals surface area contributed by atoms with Gasteiger partial charge < -0.3 is 4.74 Å². The van der Waals surface area contributed by atoms with E-state index in [4.69, 9.17) is 15.3 Å². The second-order valence-electron chi connectivity index (χ2n) is 3.06. The van der Waals surface area contributed by atoms with Gasteiger partial charge in [0.15, 0.2) is 0 Å². The van der Waals surface area contributed by atoms with E-state index in [0.717, 1.165) is 0 Å². The van der Waals surface area contributed by atoms with Crippen molar-refractivity contribution in [1.29, 1.82) is 10.5 Å².